The Morgan fingerprint density at radius 2 is 1.96 bits per heavy atom. The molecule has 146 valence electrons. The Kier molecular flexibility index (Phi) is 5.32. The van der Waals surface area contributed by atoms with E-state index >= 15 is 0 Å². The van der Waals surface area contributed by atoms with Gasteiger partial charge in [-0.1, -0.05) is 6.42 Å². The zero-order valence-electron chi connectivity index (χ0n) is 16.5. The summed E-state index contributed by atoms with van der Waals surface area (Å²) in [5, 5.41) is 7.14. The smallest absolute Gasteiger partial charge is 0.189 e. The van der Waals surface area contributed by atoms with Crippen molar-refractivity contribution in [3.63, 3.8) is 0 Å². The summed E-state index contributed by atoms with van der Waals surface area (Å²) in [5.74, 6) is 1.02. The first-order valence-electron chi connectivity index (χ1n) is 10.8. The van der Waals surface area contributed by atoms with Gasteiger partial charge in [-0.25, -0.2) is 4.57 Å². The fraction of sp³-hybridized carbons (Fsp3) is 0.458. The van der Waals surface area contributed by atoms with Crippen LogP contribution in [0.5, 0.6) is 5.75 Å². The summed E-state index contributed by atoms with van der Waals surface area (Å²) in [4.78, 5) is 2.59. The SMILES string of the molecule is c1cc(-c2c[n+]3c(c4cc(OCCCN5CCCCC5)ccc24)CCC3)cs1. The van der Waals surface area contributed by atoms with Gasteiger partial charge in [-0.15, -0.1) is 0 Å². The highest BCUT2D eigenvalue weighted by Crippen LogP contribution is 2.34. The van der Waals surface area contributed by atoms with E-state index < -0.39 is 0 Å². The minimum absolute atomic E-state index is 0.807. The van der Waals surface area contributed by atoms with Crippen LogP contribution >= 0.6 is 11.3 Å². The zero-order chi connectivity index (χ0) is 18.8. The molecule has 0 aliphatic carbocycles. The van der Waals surface area contributed by atoms with Gasteiger partial charge < -0.3 is 9.64 Å². The molecule has 28 heavy (non-hydrogen) atoms. The largest absolute Gasteiger partial charge is 0.494 e. The van der Waals surface area contributed by atoms with E-state index in [9.17, 15) is 0 Å². The molecule has 5 rings (SSSR count). The molecule has 3 aromatic rings. The summed E-state index contributed by atoms with van der Waals surface area (Å²) >= 11 is 1.77. The van der Waals surface area contributed by atoms with Crippen LogP contribution in [-0.2, 0) is 13.0 Å². The number of likely N-dealkylation sites (tertiary alicyclic amines) is 1. The number of aryl methyl sites for hydroxylation is 2. The summed E-state index contributed by atoms with van der Waals surface area (Å²) in [6.07, 6.45) is 10.00. The Labute approximate surface area is 171 Å². The number of hydrogen-bond acceptors (Lipinski definition) is 3. The van der Waals surface area contributed by atoms with Gasteiger partial charge in [0.15, 0.2) is 11.9 Å². The van der Waals surface area contributed by atoms with Crippen molar-refractivity contribution in [2.24, 2.45) is 0 Å². The summed E-state index contributed by atoms with van der Waals surface area (Å²) in [6.45, 7) is 5.64. The van der Waals surface area contributed by atoms with Crippen LogP contribution in [0.3, 0.4) is 0 Å². The molecule has 0 saturated carbocycles. The summed E-state index contributed by atoms with van der Waals surface area (Å²) in [5.41, 5.74) is 4.14. The van der Waals surface area contributed by atoms with Gasteiger partial charge in [0.2, 0.25) is 0 Å². The number of pyridine rings is 1. The lowest BCUT2D eigenvalue weighted by Crippen LogP contribution is -2.33. The van der Waals surface area contributed by atoms with Crippen molar-refractivity contribution in [1.82, 2.24) is 4.90 Å². The van der Waals surface area contributed by atoms with Crippen LogP contribution < -0.4 is 9.30 Å². The van der Waals surface area contributed by atoms with Crippen molar-refractivity contribution < 1.29 is 9.30 Å². The third-order valence-corrected chi connectivity index (χ3v) is 6.89. The molecular weight excluding hydrogens is 364 g/mol. The number of rotatable bonds is 6. The van der Waals surface area contributed by atoms with Crippen LogP contribution in [0, 0.1) is 0 Å². The topological polar surface area (TPSA) is 16.4 Å². The second kappa shape index (κ2) is 8.22. The number of piperidine rings is 1. The molecule has 4 heterocycles. The number of benzene rings is 1. The zero-order valence-corrected chi connectivity index (χ0v) is 17.3. The molecule has 1 aromatic carbocycles. The summed E-state index contributed by atoms with van der Waals surface area (Å²) in [7, 11) is 0. The Morgan fingerprint density at radius 3 is 2.82 bits per heavy atom. The van der Waals surface area contributed by atoms with Gasteiger partial charge >= 0.3 is 0 Å². The molecule has 0 atom stereocenters. The average Bonchev–Trinajstić information content (AvgIpc) is 3.43. The molecule has 0 unspecified atom stereocenters. The van der Waals surface area contributed by atoms with Crippen molar-refractivity contribution in [3.05, 3.63) is 46.9 Å². The molecule has 2 aliphatic heterocycles. The molecule has 0 amide bonds. The fourth-order valence-corrected chi connectivity index (χ4v) is 5.40. The standard InChI is InChI=1S/C24H29N2OS/c1-2-10-25(11-3-1)12-5-14-27-20-7-8-21-22(16-20)24-6-4-13-26(24)17-23(21)19-9-15-28-18-19/h7-9,15-18H,1-6,10-14H2/q+1. The minimum atomic E-state index is 0.807. The molecule has 0 spiro atoms. The molecule has 1 saturated heterocycles. The number of nitrogens with zero attached hydrogens (tertiary/aromatic N) is 2. The van der Waals surface area contributed by atoms with E-state index in [1.807, 2.05) is 0 Å². The van der Waals surface area contributed by atoms with E-state index in [1.165, 1.54) is 79.3 Å². The molecule has 2 aromatic heterocycles. The second-order valence-electron chi connectivity index (χ2n) is 8.11. The molecule has 0 N–H and O–H groups in total. The van der Waals surface area contributed by atoms with Gasteiger partial charge in [0, 0.05) is 24.8 Å². The third kappa shape index (κ3) is 3.68. The van der Waals surface area contributed by atoms with Gasteiger partial charge in [0.25, 0.3) is 0 Å². The van der Waals surface area contributed by atoms with Crippen LogP contribution in [0.2, 0.25) is 0 Å². The van der Waals surface area contributed by atoms with E-state index in [2.05, 4.69) is 50.7 Å². The molecule has 1 fully saturated rings. The minimum Gasteiger partial charge on any atom is -0.494 e. The molecule has 2 aliphatic rings. The number of ether oxygens (including phenoxy) is 1. The van der Waals surface area contributed by atoms with Crippen molar-refractivity contribution in [1.29, 1.82) is 0 Å². The maximum atomic E-state index is 6.16. The van der Waals surface area contributed by atoms with Gasteiger partial charge in [-0.3, -0.25) is 0 Å². The van der Waals surface area contributed by atoms with Crippen LogP contribution in [0.4, 0.5) is 0 Å². The highest BCUT2D eigenvalue weighted by Gasteiger charge is 2.25. The lowest BCUT2D eigenvalue weighted by molar-refractivity contribution is -0.688. The van der Waals surface area contributed by atoms with Gasteiger partial charge in [0.1, 0.15) is 12.3 Å². The van der Waals surface area contributed by atoms with Crippen LogP contribution in [-0.4, -0.2) is 31.1 Å². The Bertz CT molecular complexity index is 945. The Balaban J connectivity index is 1.35. The number of aromatic nitrogens is 1. The summed E-state index contributed by atoms with van der Waals surface area (Å²) < 4.78 is 8.62. The van der Waals surface area contributed by atoms with Crippen LogP contribution in [0.25, 0.3) is 21.9 Å². The predicted molar refractivity (Wildman–Crippen MR) is 116 cm³/mol. The molecule has 4 heteroatoms. The quantitative estimate of drug-likeness (QED) is 0.430. The van der Waals surface area contributed by atoms with E-state index in [-0.39, 0.29) is 0 Å². The normalized spacial score (nSPS) is 17.1. The highest BCUT2D eigenvalue weighted by molar-refractivity contribution is 7.08. The lowest BCUT2D eigenvalue weighted by Gasteiger charge is -2.26. The maximum Gasteiger partial charge on any atom is 0.189 e. The maximum absolute atomic E-state index is 6.16. The molecular formula is C24H29N2OS+. The third-order valence-electron chi connectivity index (χ3n) is 6.20. The van der Waals surface area contributed by atoms with Gasteiger partial charge in [-0.05, 0) is 72.9 Å². The first kappa shape index (κ1) is 18.1. The van der Waals surface area contributed by atoms with Crippen molar-refractivity contribution in [2.75, 3.05) is 26.2 Å². The van der Waals surface area contributed by atoms with Crippen LogP contribution in [0.15, 0.2) is 41.2 Å². The second-order valence-corrected chi connectivity index (χ2v) is 8.89. The van der Waals surface area contributed by atoms with Crippen molar-refractivity contribution in [2.45, 2.75) is 45.1 Å². The highest BCUT2D eigenvalue weighted by atomic mass is 32.1. The molecule has 0 bridgehead atoms. The van der Waals surface area contributed by atoms with Gasteiger partial charge in [-0.2, -0.15) is 11.3 Å². The summed E-state index contributed by atoms with van der Waals surface area (Å²) in [6, 6.07) is 8.93. The first-order valence-corrected chi connectivity index (χ1v) is 11.7. The van der Waals surface area contributed by atoms with Crippen molar-refractivity contribution in [3.8, 4) is 16.9 Å². The van der Waals surface area contributed by atoms with Crippen LogP contribution in [0.1, 0.15) is 37.8 Å². The Hall–Kier alpha value is -1.91. The van der Waals surface area contributed by atoms with E-state index in [1.54, 1.807) is 11.3 Å². The average molecular weight is 394 g/mol. The number of fused-ring (bicyclic) bond motifs is 3. The number of hydrogen-bond donors (Lipinski definition) is 0. The van der Waals surface area contributed by atoms with E-state index in [0.29, 0.717) is 0 Å². The number of thiophene rings is 1. The van der Waals surface area contributed by atoms with E-state index in [4.69, 9.17) is 4.74 Å². The first-order chi connectivity index (χ1) is 13.9. The monoisotopic (exact) mass is 393 g/mol. The molecule has 0 radical (unpaired) electrons. The fourth-order valence-electron chi connectivity index (χ4n) is 4.75. The Morgan fingerprint density at radius 1 is 1.04 bits per heavy atom. The van der Waals surface area contributed by atoms with Crippen molar-refractivity contribution >= 4 is 22.1 Å². The van der Waals surface area contributed by atoms with E-state index in [0.717, 1.165) is 25.3 Å². The molecule has 3 nitrogen and oxygen atoms in total. The van der Waals surface area contributed by atoms with Gasteiger partial charge in [0.05, 0.1) is 17.6 Å². The lowest BCUT2D eigenvalue weighted by atomic mass is 10.00. The predicted octanol–water partition coefficient (Wildman–Crippen LogP) is 5.06.